The van der Waals surface area contributed by atoms with Crippen LogP contribution in [0.2, 0.25) is 0 Å². The van der Waals surface area contributed by atoms with Crippen molar-refractivity contribution in [3.8, 4) is 5.75 Å². The number of ether oxygens (including phenoxy) is 1. The second-order valence-corrected chi connectivity index (χ2v) is 4.29. The lowest BCUT2D eigenvalue weighted by molar-refractivity contribution is 0.404. The topological polar surface area (TPSA) is 66.0 Å². The third kappa shape index (κ3) is 2.46. The molecule has 2 heterocycles. The summed E-state index contributed by atoms with van der Waals surface area (Å²) in [6.45, 7) is 4.88. The smallest absolute Gasteiger partial charge is 0.161 e. The average Bonchev–Trinajstić information content (AvgIpc) is 2.89. The van der Waals surface area contributed by atoms with Crippen LogP contribution in [0.15, 0.2) is 24.5 Å². The summed E-state index contributed by atoms with van der Waals surface area (Å²) in [5, 5.41) is 4.29. The first kappa shape index (κ1) is 13.5. The number of rotatable bonds is 5. The van der Waals surface area contributed by atoms with Crippen LogP contribution in [0.3, 0.4) is 0 Å². The predicted molar refractivity (Wildman–Crippen MR) is 74.1 cm³/mol. The van der Waals surface area contributed by atoms with E-state index in [9.17, 15) is 0 Å². The highest BCUT2D eigenvalue weighted by Gasteiger charge is 2.22. The van der Waals surface area contributed by atoms with Gasteiger partial charge >= 0.3 is 0 Å². The molecule has 2 aromatic heterocycles. The third-order valence-corrected chi connectivity index (χ3v) is 3.26. The number of hydrogen-bond acceptors (Lipinski definition) is 4. The lowest BCUT2D eigenvalue weighted by Crippen LogP contribution is -2.20. The van der Waals surface area contributed by atoms with Crippen LogP contribution in [-0.4, -0.2) is 21.9 Å². The van der Waals surface area contributed by atoms with Crippen LogP contribution in [0.1, 0.15) is 36.8 Å². The molecule has 0 saturated carbocycles. The molecule has 2 aromatic rings. The molecule has 19 heavy (non-hydrogen) atoms. The molecule has 0 aliphatic heterocycles. The lowest BCUT2D eigenvalue weighted by atomic mass is 10.0. The summed E-state index contributed by atoms with van der Waals surface area (Å²) in [4.78, 5) is 4.43. The van der Waals surface area contributed by atoms with E-state index in [0.29, 0.717) is 5.75 Å². The van der Waals surface area contributed by atoms with E-state index in [1.165, 1.54) is 0 Å². The van der Waals surface area contributed by atoms with E-state index in [4.69, 9.17) is 10.5 Å². The third-order valence-electron chi connectivity index (χ3n) is 3.26. The van der Waals surface area contributed by atoms with Crippen LogP contribution < -0.4 is 10.5 Å². The fourth-order valence-corrected chi connectivity index (χ4v) is 2.26. The molecule has 0 amide bonds. The van der Waals surface area contributed by atoms with Gasteiger partial charge in [0.25, 0.3) is 0 Å². The summed E-state index contributed by atoms with van der Waals surface area (Å²) in [6, 6.07) is 3.67. The molecule has 0 aliphatic rings. The molecule has 2 rings (SSSR count). The largest absolute Gasteiger partial charge is 0.493 e. The number of nitrogens with zero attached hydrogens (tertiary/aromatic N) is 3. The summed E-state index contributed by atoms with van der Waals surface area (Å²) in [5.41, 5.74) is 9.30. The van der Waals surface area contributed by atoms with E-state index in [2.05, 4.69) is 23.1 Å². The molecule has 0 fully saturated rings. The van der Waals surface area contributed by atoms with E-state index in [1.54, 1.807) is 19.5 Å². The predicted octanol–water partition coefficient (Wildman–Crippen LogP) is 1.92. The minimum Gasteiger partial charge on any atom is -0.493 e. The number of methoxy groups -OCH3 is 1. The van der Waals surface area contributed by atoms with Crippen LogP contribution in [0.5, 0.6) is 5.75 Å². The molecule has 102 valence electrons. The molecule has 0 bridgehead atoms. The van der Waals surface area contributed by atoms with E-state index >= 15 is 0 Å². The Bertz CT molecular complexity index is 529. The zero-order valence-electron chi connectivity index (χ0n) is 11.6. The quantitative estimate of drug-likeness (QED) is 0.892. The summed E-state index contributed by atoms with van der Waals surface area (Å²) in [5.74, 6) is 0.710. The van der Waals surface area contributed by atoms with Crippen LogP contribution >= 0.6 is 0 Å². The van der Waals surface area contributed by atoms with Gasteiger partial charge in [0.05, 0.1) is 25.0 Å². The maximum Gasteiger partial charge on any atom is 0.161 e. The minimum atomic E-state index is -0.325. The maximum atomic E-state index is 6.39. The number of pyridine rings is 1. The zero-order valence-corrected chi connectivity index (χ0v) is 11.6. The Morgan fingerprint density at radius 3 is 2.84 bits per heavy atom. The van der Waals surface area contributed by atoms with Gasteiger partial charge in [-0.05, 0) is 25.0 Å². The SMILES string of the molecule is CCc1cccnc1C(N)c1c(OC)cnn1CC. The maximum absolute atomic E-state index is 6.39. The van der Waals surface area contributed by atoms with Gasteiger partial charge in [0.15, 0.2) is 5.75 Å². The molecule has 1 atom stereocenters. The first-order chi connectivity index (χ1) is 9.22. The fraction of sp³-hybridized carbons (Fsp3) is 0.429. The van der Waals surface area contributed by atoms with Gasteiger partial charge in [0, 0.05) is 12.7 Å². The highest BCUT2D eigenvalue weighted by atomic mass is 16.5. The van der Waals surface area contributed by atoms with Crippen LogP contribution in [0.4, 0.5) is 0 Å². The van der Waals surface area contributed by atoms with Crippen molar-refractivity contribution in [2.45, 2.75) is 32.9 Å². The van der Waals surface area contributed by atoms with Crippen molar-refractivity contribution >= 4 is 0 Å². The highest BCUT2D eigenvalue weighted by Crippen LogP contribution is 2.28. The molecule has 2 N–H and O–H groups in total. The molecule has 0 aliphatic carbocycles. The zero-order chi connectivity index (χ0) is 13.8. The lowest BCUT2D eigenvalue weighted by Gasteiger charge is -2.17. The summed E-state index contributed by atoms with van der Waals surface area (Å²) >= 11 is 0. The van der Waals surface area contributed by atoms with Crippen molar-refractivity contribution in [1.82, 2.24) is 14.8 Å². The first-order valence-electron chi connectivity index (χ1n) is 6.51. The van der Waals surface area contributed by atoms with Gasteiger partial charge in [-0.2, -0.15) is 5.10 Å². The molecule has 0 spiro atoms. The van der Waals surface area contributed by atoms with Crippen LogP contribution in [-0.2, 0) is 13.0 Å². The molecular formula is C14H20N4O. The second kappa shape index (κ2) is 5.84. The Hall–Kier alpha value is -1.88. The molecule has 1 unspecified atom stereocenters. The second-order valence-electron chi connectivity index (χ2n) is 4.29. The van der Waals surface area contributed by atoms with Crippen molar-refractivity contribution in [2.24, 2.45) is 5.73 Å². The van der Waals surface area contributed by atoms with E-state index in [0.717, 1.165) is 29.9 Å². The van der Waals surface area contributed by atoms with E-state index < -0.39 is 0 Å². The Morgan fingerprint density at radius 1 is 1.42 bits per heavy atom. The molecule has 0 saturated heterocycles. The Balaban J connectivity index is 2.49. The molecule has 5 nitrogen and oxygen atoms in total. The van der Waals surface area contributed by atoms with Crippen molar-refractivity contribution in [3.63, 3.8) is 0 Å². The van der Waals surface area contributed by atoms with Gasteiger partial charge in [-0.3, -0.25) is 9.67 Å². The van der Waals surface area contributed by atoms with Gasteiger partial charge in [-0.1, -0.05) is 13.0 Å². The molecule has 0 radical (unpaired) electrons. The Morgan fingerprint density at radius 2 is 2.21 bits per heavy atom. The standard InChI is InChI=1S/C14H20N4O/c1-4-10-7-6-8-16-13(10)12(15)14-11(19-3)9-17-18(14)5-2/h6-9,12H,4-5,15H2,1-3H3. The molecule has 0 aromatic carbocycles. The number of aryl methyl sites for hydroxylation is 2. The summed E-state index contributed by atoms with van der Waals surface area (Å²) < 4.78 is 7.21. The summed E-state index contributed by atoms with van der Waals surface area (Å²) in [6.07, 6.45) is 4.38. The van der Waals surface area contributed by atoms with Gasteiger partial charge in [0.2, 0.25) is 0 Å². The van der Waals surface area contributed by atoms with Gasteiger partial charge < -0.3 is 10.5 Å². The fourth-order valence-electron chi connectivity index (χ4n) is 2.26. The number of aromatic nitrogens is 3. The number of hydrogen-bond donors (Lipinski definition) is 1. The van der Waals surface area contributed by atoms with Gasteiger partial charge in [0.1, 0.15) is 5.69 Å². The Kier molecular flexibility index (Phi) is 4.16. The van der Waals surface area contributed by atoms with Crippen molar-refractivity contribution < 1.29 is 4.74 Å². The van der Waals surface area contributed by atoms with Gasteiger partial charge in [-0.15, -0.1) is 0 Å². The van der Waals surface area contributed by atoms with E-state index in [1.807, 2.05) is 17.7 Å². The average molecular weight is 260 g/mol. The number of nitrogens with two attached hydrogens (primary N) is 1. The normalized spacial score (nSPS) is 12.4. The van der Waals surface area contributed by atoms with Crippen molar-refractivity contribution in [1.29, 1.82) is 0 Å². The molecule has 5 heteroatoms. The van der Waals surface area contributed by atoms with E-state index in [-0.39, 0.29) is 6.04 Å². The van der Waals surface area contributed by atoms with Crippen molar-refractivity contribution in [3.05, 3.63) is 41.5 Å². The minimum absolute atomic E-state index is 0.325. The van der Waals surface area contributed by atoms with Gasteiger partial charge in [-0.25, -0.2) is 0 Å². The van der Waals surface area contributed by atoms with Crippen molar-refractivity contribution in [2.75, 3.05) is 7.11 Å². The Labute approximate surface area is 113 Å². The summed E-state index contributed by atoms with van der Waals surface area (Å²) in [7, 11) is 1.63. The van der Waals surface area contributed by atoms with Crippen LogP contribution in [0, 0.1) is 0 Å². The first-order valence-corrected chi connectivity index (χ1v) is 6.51. The highest BCUT2D eigenvalue weighted by molar-refractivity contribution is 5.36. The van der Waals surface area contributed by atoms with Crippen LogP contribution in [0.25, 0.3) is 0 Å². The monoisotopic (exact) mass is 260 g/mol. The molecular weight excluding hydrogens is 240 g/mol.